The average Bonchev–Trinajstić information content (AvgIpc) is 2.35. The molecule has 1 aromatic carbocycles. The summed E-state index contributed by atoms with van der Waals surface area (Å²) >= 11 is 0. The highest BCUT2D eigenvalue weighted by molar-refractivity contribution is 5.50. The first-order valence-electron chi connectivity index (χ1n) is 5.14. The molecule has 0 aromatic heterocycles. The second kappa shape index (κ2) is 6.05. The molecule has 6 nitrogen and oxygen atoms in total. The Hall–Kier alpha value is -1.82. The molecule has 1 aromatic rings. The normalized spacial score (nSPS) is 11.9. The maximum absolute atomic E-state index is 10.8. The van der Waals surface area contributed by atoms with E-state index >= 15 is 0 Å². The first-order chi connectivity index (χ1) is 8.08. The van der Waals surface area contributed by atoms with E-state index in [0.29, 0.717) is 5.75 Å². The van der Waals surface area contributed by atoms with E-state index in [9.17, 15) is 10.1 Å². The lowest BCUT2D eigenvalue weighted by molar-refractivity contribution is -0.385. The van der Waals surface area contributed by atoms with E-state index in [0.717, 1.165) is 0 Å². The molecular formula is C11H15NO5. The third-order valence-corrected chi connectivity index (χ3v) is 2.20. The van der Waals surface area contributed by atoms with E-state index in [4.69, 9.17) is 14.6 Å². The summed E-state index contributed by atoms with van der Waals surface area (Å²) in [6, 6.07) is 4.29. The van der Waals surface area contributed by atoms with Crippen LogP contribution in [0.4, 0.5) is 5.69 Å². The summed E-state index contributed by atoms with van der Waals surface area (Å²) in [5, 5.41) is 19.6. The molecule has 94 valence electrons. The first kappa shape index (κ1) is 13.2. The topological polar surface area (TPSA) is 81.8 Å². The zero-order valence-electron chi connectivity index (χ0n) is 9.75. The van der Waals surface area contributed by atoms with Gasteiger partial charge in [-0.3, -0.25) is 10.1 Å². The van der Waals surface area contributed by atoms with Gasteiger partial charge in [0.1, 0.15) is 5.75 Å². The van der Waals surface area contributed by atoms with Crippen molar-refractivity contribution in [3.05, 3.63) is 28.3 Å². The fourth-order valence-electron chi connectivity index (χ4n) is 1.17. The first-order valence-corrected chi connectivity index (χ1v) is 5.14. The molecule has 0 aliphatic rings. The maximum atomic E-state index is 10.8. The Morgan fingerprint density at radius 3 is 2.76 bits per heavy atom. The number of nitrogens with zero attached hydrogens (tertiary/aromatic N) is 1. The van der Waals surface area contributed by atoms with E-state index in [-0.39, 0.29) is 30.6 Å². The monoisotopic (exact) mass is 241 g/mol. The standard InChI is InChI=1S/C11H15NO5/c1-8(6-13)7-17-11-5-9(16-2)3-4-10(11)12(14)15/h3-5,8,13H,6-7H2,1-2H3. The number of hydrogen-bond donors (Lipinski definition) is 1. The van der Waals surface area contributed by atoms with Gasteiger partial charge in [-0.15, -0.1) is 0 Å². The SMILES string of the molecule is COc1ccc([N+](=O)[O-])c(OCC(C)CO)c1. The molecule has 0 aliphatic carbocycles. The molecule has 1 atom stereocenters. The minimum Gasteiger partial charge on any atom is -0.497 e. The molecule has 0 heterocycles. The smallest absolute Gasteiger partial charge is 0.311 e. The van der Waals surface area contributed by atoms with Gasteiger partial charge in [-0.1, -0.05) is 6.92 Å². The predicted molar refractivity (Wildman–Crippen MR) is 61.4 cm³/mol. The van der Waals surface area contributed by atoms with E-state index in [1.54, 1.807) is 6.92 Å². The van der Waals surface area contributed by atoms with Gasteiger partial charge in [0.25, 0.3) is 0 Å². The van der Waals surface area contributed by atoms with Crippen LogP contribution in [0.15, 0.2) is 18.2 Å². The quantitative estimate of drug-likeness (QED) is 0.604. The van der Waals surface area contributed by atoms with Crippen LogP contribution in [0.2, 0.25) is 0 Å². The van der Waals surface area contributed by atoms with E-state index in [2.05, 4.69) is 0 Å². The Balaban J connectivity index is 2.89. The Kier molecular flexibility index (Phi) is 4.71. The van der Waals surface area contributed by atoms with Crippen LogP contribution in [0.5, 0.6) is 11.5 Å². The van der Waals surface area contributed by atoms with Gasteiger partial charge >= 0.3 is 5.69 Å². The van der Waals surface area contributed by atoms with Crippen LogP contribution in [-0.4, -0.2) is 30.4 Å². The molecule has 6 heteroatoms. The molecule has 0 bridgehead atoms. The van der Waals surface area contributed by atoms with Crippen LogP contribution in [0.3, 0.4) is 0 Å². The van der Waals surface area contributed by atoms with E-state index in [1.807, 2.05) is 0 Å². The molecule has 0 saturated heterocycles. The van der Waals surface area contributed by atoms with Crippen molar-refractivity contribution in [1.82, 2.24) is 0 Å². The van der Waals surface area contributed by atoms with Crippen molar-refractivity contribution in [1.29, 1.82) is 0 Å². The fraction of sp³-hybridized carbons (Fsp3) is 0.455. The zero-order valence-corrected chi connectivity index (χ0v) is 9.75. The summed E-state index contributed by atoms with van der Waals surface area (Å²) in [4.78, 5) is 10.3. The summed E-state index contributed by atoms with van der Waals surface area (Å²) in [6.07, 6.45) is 0. The van der Waals surface area contributed by atoms with Crippen molar-refractivity contribution in [2.24, 2.45) is 5.92 Å². The van der Waals surface area contributed by atoms with Crippen molar-refractivity contribution in [2.45, 2.75) is 6.92 Å². The largest absolute Gasteiger partial charge is 0.497 e. The molecule has 0 aliphatic heterocycles. The van der Waals surface area contributed by atoms with Crippen LogP contribution in [0.25, 0.3) is 0 Å². The number of benzene rings is 1. The van der Waals surface area contributed by atoms with Crippen molar-refractivity contribution in [3.63, 3.8) is 0 Å². The minimum atomic E-state index is -0.515. The lowest BCUT2D eigenvalue weighted by atomic mass is 10.2. The highest BCUT2D eigenvalue weighted by Crippen LogP contribution is 2.31. The number of rotatable bonds is 6. The van der Waals surface area contributed by atoms with Gasteiger partial charge in [0, 0.05) is 24.7 Å². The Morgan fingerprint density at radius 2 is 2.24 bits per heavy atom. The summed E-state index contributed by atoms with van der Waals surface area (Å²) < 4.78 is 10.3. The Bertz CT molecular complexity index is 393. The van der Waals surface area contributed by atoms with E-state index < -0.39 is 4.92 Å². The lowest BCUT2D eigenvalue weighted by Gasteiger charge is -2.11. The number of aliphatic hydroxyl groups excluding tert-OH is 1. The molecule has 17 heavy (non-hydrogen) atoms. The van der Waals surface area contributed by atoms with Crippen LogP contribution < -0.4 is 9.47 Å². The van der Waals surface area contributed by atoms with Crippen molar-refractivity contribution in [2.75, 3.05) is 20.3 Å². The van der Waals surface area contributed by atoms with Gasteiger partial charge in [0.05, 0.1) is 18.6 Å². The number of aliphatic hydroxyl groups is 1. The van der Waals surface area contributed by atoms with Gasteiger partial charge in [0.15, 0.2) is 0 Å². The van der Waals surface area contributed by atoms with Crippen molar-refractivity contribution < 1.29 is 19.5 Å². The van der Waals surface area contributed by atoms with Gasteiger partial charge < -0.3 is 14.6 Å². The number of hydrogen-bond acceptors (Lipinski definition) is 5. The highest BCUT2D eigenvalue weighted by Gasteiger charge is 2.16. The Morgan fingerprint density at radius 1 is 1.53 bits per heavy atom. The fourth-order valence-corrected chi connectivity index (χ4v) is 1.17. The molecule has 1 unspecified atom stereocenters. The summed E-state index contributed by atoms with van der Waals surface area (Å²) in [5.74, 6) is 0.553. The average molecular weight is 241 g/mol. The molecular weight excluding hydrogens is 226 g/mol. The highest BCUT2D eigenvalue weighted by atomic mass is 16.6. The number of nitro benzene ring substituents is 1. The van der Waals surface area contributed by atoms with Crippen molar-refractivity contribution in [3.8, 4) is 11.5 Å². The van der Waals surface area contributed by atoms with Crippen LogP contribution in [-0.2, 0) is 0 Å². The molecule has 1 rings (SSSR count). The molecule has 0 saturated carbocycles. The van der Waals surface area contributed by atoms with Crippen LogP contribution in [0.1, 0.15) is 6.92 Å². The predicted octanol–water partition coefficient (Wildman–Crippen LogP) is 1.61. The van der Waals surface area contributed by atoms with E-state index in [1.165, 1.54) is 25.3 Å². The number of nitro groups is 1. The summed E-state index contributed by atoms with van der Waals surface area (Å²) in [7, 11) is 1.47. The zero-order chi connectivity index (χ0) is 12.8. The number of ether oxygens (including phenoxy) is 2. The summed E-state index contributed by atoms with van der Waals surface area (Å²) in [6.45, 7) is 1.97. The molecule has 0 fully saturated rings. The molecule has 0 amide bonds. The summed E-state index contributed by atoms with van der Waals surface area (Å²) in [5.41, 5.74) is -0.115. The van der Waals surface area contributed by atoms with Gasteiger partial charge in [0.2, 0.25) is 5.75 Å². The molecule has 0 radical (unpaired) electrons. The lowest BCUT2D eigenvalue weighted by Crippen LogP contribution is -2.12. The second-order valence-corrected chi connectivity index (χ2v) is 3.69. The third kappa shape index (κ3) is 3.60. The number of methoxy groups -OCH3 is 1. The van der Waals surface area contributed by atoms with Gasteiger partial charge in [-0.05, 0) is 6.07 Å². The third-order valence-electron chi connectivity index (χ3n) is 2.20. The Labute approximate surface area is 98.9 Å². The maximum Gasteiger partial charge on any atom is 0.311 e. The second-order valence-electron chi connectivity index (χ2n) is 3.69. The van der Waals surface area contributed by atoms with Gasteiger partial charge in [-0.25, -0.2) is 0 Å². The molecule has 0 spiro atoms. The van der Waals surface area contributed by atoms with Crippen LogP contribution in [0, 0.1) is 16.0 Å². The minimum absolute atomic E-state index is 0.0300. The van der Waals surface area contributed by atoms with Crippen LogP contribution >= 0.6 is 0 Å². The van der Waals surface area contributed by atoms with Crippen molar-refractivity contribution >= 4 is 5.69 Å². The molecule has 1 N–H and O–H groups in total. The van der Waals surface area contributed by atoms with Gasteiger partial charge in [-0.2, -0.15) is 0 Å².